The molecule has 2 aromatic heterocycles. The number of nitrogen functional groups attached to an aromatic ring is 1. The van der Waals surface area contributed by atoms with Gasteiger partial charge in [0, 0.05) is 18.5 Å². The highest BCUT2D eigenvalue weighted by Gasteiger charge is 2.27. The topological polar surface area (TPSA) is 123 Å². The fraction of sp³-hybridized carbons (Fsp3) is 0.500. The summed E-state index contributed by atoms with van der Waals surface area (Å²) in [6.45, 7) is 8.20. The van der Waals surface area contributed by atoms with Crippen LogP contribution in [0.5, 0.6) is 5.75 Å². The van der Waals surface area contributed by atoms with Crippen LogP contribution in [0.3, 0.4) is 0 Å². The van der Waals surface area contributed by atoms with Crippen molar-refractivity contribution in [1.82, 2.24) is 4.31 Å². The van der Waals surface area contributed by atoms with E-state index in [1.165, 1.54) is 9.69 Å². The molecule has 0 radical (unpaired) electrons. The minimum atomic E-state index is -3.59. The predicted molar refractivity (Wildman–Crippen MR) is 101 cm³/mol. The Bertz CT molecular complexity index is 764. The molecule has 2 rings (SSSR count). The number of anilines is 1. The molecule has 7 nitrogen and oxygen atoms in total. The fourth-order valence-corrected chi connectivity index (χ4v) is 4.86. The summed E-state index contributed by atoms with van der Waals surface area (Å²) in [7, 11) is -3.59. The lowest BCUT2D eigenvalue weighted by molar-refractivity contribution is 0.434. The van der Waals surface area contributed by atoms with Crippen LogP contribution in [0.2, 0.25) is 0 Å². The Labute approximate surface area is 153 Å². The van der Waals surface area contributed by atoms with Crippen molar-refractivity contribution in [2.24, 2.45) is 5.73 Å². The zero-order valence-electron chi connectivity index (χ0n) is 15.0. The second kappa shape index (κ2) is 9.23. The molecule has 5 N–H and O–H groups in total. The van der Waals surface area contributed by atoms with Gasteiger partial charge in [-0.3, -0.25) is 0 Å². The maximum Gasteiger partial charge on any atom is 0.256 e. The molecule has 0 amide bonds. The molecule has 1 atom stereocenters. The molecule has 9 heteroatoms. The van der Waals surface area contributed by atoms with Crippen molar-refractivity contribution in [2.45, 2.75) is 44.4 Å². The third-order valence-electron chi connectivity index (χ3n) is 3.61. The van der Waals surface area contributed by atoms with Gasteiger partial charge in [0.2, 0.25) is 0 Å². The molecule has 0 aliphatic heterocycles. The monoisotopic (exact) mass is 389 g/mol. The molecule has 0 aliphatic rings. The molecule has 0 fully saturated rings. The minimum absolute atomic E-state index is 0.0636. The summed E-state index contributed by atoms with van der Waals surface area (Å²) in [5.74, 6) is 1.48. The van der Waals surface area contributed by atoms with Crippen molar-refractivity contribution in [3.8, 4) is 5.75 Å². The lowest BCUT2D eigenvalue weighted by Crippen LogP contribution is -2.30. The van der Waals surface area contributed by atoms with Gasteiger partial charge in [-0.05, 0) is 25.5 Å². The summed E-state index contributed by atoms with van der Waals surface area (Å²) in [4.78, 5) is 0. The summed E-state index contributed by atoms with van der Waals surface area (Å²) in [5.41, 5.74) is 11.2. The van der Waals surface area contributed by atoms with Crippen LogP contribution < -0.4 is 11.5 Å². The maximum atomic E-state index is 11.9. The second-order valence-electron chi connectivity index (χ2n) is 5.38. The Morgan fingerprint density at radius 2 is 1.88 bits per heavy atom. The number of nitrogens with two attached hydrogens (primary N) is 2. The number of hydrogen-bond acceptors (Lipinski definition) is 7. The van der Waals surface area contributed by atoms with Gasteiger partial charge < -0.3 is 21.0 Å². The van der Waals surface area contributed by atoms with Gasteiger partial charge in [-0.1, -0.05) is 20.8 Å². The number of nitrogens with zero attached hydrogens (tertiary/aromatic N) is 1. The number of aromatic hydroxyl groups is 1. The first kappa shape index (κ1) is 21.5. The van der Waals surface area contributed by atoms with E-state index in [-0.39, 0.29) is 21.7 Å². The number of rotatable bonds is 6. The van der Waals surface area contributed by atoms with Crippen molar-refractivity contribution in [3.05, 3.63) is 29.0 Å². The molecule has 2 aromatic rings. The number of hydrogen-bond donors (Lipinski definition) is 3. The molecule has 0 saturated heterocycles. The Balaban J connectivity index is 0.000000271. The summed E-state index contributed by atoms with van der Waals surface area (Å²) in [5, 5.41) is 10.9. The van der Waals surface area contributed by atoms with Gasteiger partial charge >= 0.3 is 0 Å². The Kier molecular flexibility index (Phi) is 7.94. The van der Waals surface area contributed by atoms with E-state index in [2.05, 4.69) is 0 Å². The molecule has 0 bridgehead atoms. The van der Waals surface area contributed by atoms with Crippen molar-refractivity contribution < 1.29 is 17.9 Å². The standard InChI is InChI=1S/C8H14N2O3S2.C8H13NO/c1-3-10(4-2)15(12,13)8-7(11)6(9)5-14-8;1-3-7(9)8-5-4-6(2)10-8/h5,11H,3-4,9H2,1-2H3;4-5,7H,3,9H2,1-2H3/t;7-/m.1/s1. The first-order valence-electron chi connectivity index (χ1n) is 8.06. The second-order valence-corrected chi connectivity index (χ2v) is 8.39. The van der Waals surface area contributed by atoms with Crippen molar-refractivity contribution in [3.63, 3.8) is 0 Å². The highest BCUT2D eigenvalue weighted by atomic mass is 32.2. The minimum Gasteiger partial charge on any atom is -0.504 e. The largest absolute Gasteiger partial charge is 0.504 e. The van der Waals surface area contributed by atoms with E-state index in [0.29, 0.717) is 13.1 Å². The Morgan fingerprint density at radius 3 is 2.24 bits per heavy atom. The van der Waals surface area contributed by atoms with E-state index in [9.17, 15) is 13.5 Å². The molecule has 2 heterocycles. The van der Waals surface area contributed by atoms with Crippen LogP contribution >= 0.6 is 11.3 Å². The number of thiophene rings is 1. The zero-order chi connectivity index (χ0) is 19.2. The molecule has 25 heavy (non-hydrogen) atoms. The van der Waals surface area contributed by atoms with Crippen LogP contribution in [0, 0.1) is 6.92 Å². The Hall–Kier alpha value is -1.55. The van der Waals surface area contributed by atoms with Crippen LogP contribution in [0.25, 0.3) is 0 Å². The summed E-state index contributed by atoms with van der Waals surface area (Å²) >= 11 is 0.938. The molecule has 0 unspecified atom stereocenters. The lowest BCUT2D eigenvalue weighted by atomic mass is 10.2. The van der Waals surface area contributed by atoms with Crippen LogP contribution in [0.1, 0.15) is 44.8 Å². The summed E-state index contributed by atoms with van der Waals surface area (Å²) < 4.78 is 30.4. The number of furan rings is 1. The van der Waals surface area contributed by atoms with Crippen molar-refractivity contribution in [1.29, 1.82) is 0 Å². The SMILES string of the molecule is CCN(CC)S(=O)(=O)c1scc(N)c1O.CC[C@@H](N)c1ccc(C)o1. The van der Waals surface area contributed by atoms with Gasteiger partial charge in [-0.25, -0.2) is 8.42 Å². The van der Waals surface area contributed by atoms with Crippen LogP contribution in [-0.4, -0.2) is 30.9 Å². The quantitative estimate of drug-likeness (QED) is 0.698. The molecule has 0 spiro atoms. The highest BCUT2D eigenvalue weighted by Crippen LogP contribution is 2.36. The summed E-state index contributed by atoms with van der Waals surface area (Å²) in [6.07, 6.45) is 0.924. The normalized spacial score (nSPS) is 12.7. The molecule has 0 aliphatic carbocycles. The third kappa shape index (κ3) is 5.21. The molecule has 142 valence electrons. The average molecular weight is 390 g/mol. The van der Waals surface area contributed by atoms with Gasteiger partial charge in [0.15, 0.2) is 9.96 Å². The molecule has 0 aromatic carbocycles. The number of sulfonamides is 1. The Morgan fingerprint density at radius 1 is 1.28 bits per heavy atom. The first-order valence-corrected chi connectivity index (χ1v) is 10.4. The summed E-state index contributed by atoms with van der Waals surface area (Å²) in [6, 6.07) is 3.93. The van der Waals surface area contributed by atoms with Gasteiger partial charge in [0.05, 0.1) is 11.7 Å². The lowest BCUT2D eigenvalue weighted by Gasteiger charge is -2.17. The zero-order valence-corrected chi connectivity index (χ0v) is 16.7. The van der Waals surface area contributed by atoms with E-state index >= 15 is 0 Å². The van der Waals surface area contributed by atoms with E-state index in [4.69, 9.17) is 15.9 Å². The van der Waals surface area contributed by atoms with Gasteiger partial charge in [-0.15, -0.1) is 11.3 Å². The van der Waals surface area contributed by atoms with Crippen LogP contribution in [0.15, 0.2) is 26.1 Å². The van der Waals surface area contributed by atoms with E-state index in [1.807, 2.05) is 26.0 Å². The smallest absolute Gasteiger partial charge is 0.256 e. The highest BCUT2D eigenvalue weighted by molar-refractivity contribution is 7.91. The van der Waals surface area contributed by atoms with Crippen molar-refractivity contribution in [2.75, 3.05) is 18.8 Å². The van der Waals surface area contributed by atoms with Gasteiger partial charge in [-0.2, -0.15) is 4.31 Å². The van der Waals surface area contributed by atoms with E-state index < -0.39 is 10.0 Å². The van der Waals surface area contributed by atoms with Crippen LogP contribution in [0.4, 0.5) is 5.69 Å². The maximum absolute atomic E-state index is 11.9. The fourth-order valence-electron chi connectivity index (χ4n) is 2.06. The third-order valence-corrected chi connectivity index (χ3v) is 7.16. The van der Waals surface area contributed by atoms with E-state index in [0.717, 1.165) is 29.3 Å². The molecular formula is C16H27N3O4S2. The van der Waals surface area contributed by atoms with Crippen LogP contribution in [-0.2, 0) is 10.0 Å². The molecular weight excluding hydrogens is 362 g/mol. The van der Waals surface area contributed by atoms with Crippen molar-refractivity contribution >= 4 is 27.0 Å². The predicted octanol–water partition coefficient (Wildman–Crippen LogP) is 3.06. The van der Waals surface area contributed by atoms with Gasteiger partial charge in [0.25, 0.3) is 10.0 Å². The van der Waals surface area contributed by atoms with E-state index in [1.54, 1.807) is 13.8 Å². The average Bonchev–Trinajstić information content (AvgIpc) is 3.15. The molecule has 0 saturated carbocycles. The number of aryl methyl sites for hydroxylation is 1. The first-order chi connectivity index (χ1) is 11.7. The van der Waals surface area contributed by atoms with Gasteiger partial charge in [0.1, 0.15) is 11.5 Å².